The van der Waals surface area contributed by atoms with Gasteiger partial charge in [-0.3, -0.25) is 14.6 Å². The van der Waals surface area contributed by atoms with Crippen LogP contribution in [-0.4, -0.2) is 35.1 Å². The summed E-state index contributed by atoms with van der Waals surface area (Å²) in [7, 11) is 1.62. The maximum atomic E-state index is 11.7. The first-order valence-electron chi connectivity index (χ1n) is 8.78. The maximum Gasteiger partial charge on any atom is 0.226 e. The number of aliphatic imine (C=N–C) groups is 1. The number of carbonyl (C=O) groups is 2. The third-order valence-corrected chi connectivity index (χ3v) is 4.31. The molecule has 0 heterocycles. The lowest BCUT2D eigenvalue weighted by Gasteiger charge is -2.16. The molecule has 1 rings (SSSR count). The maximum absolute atomic E-state index is 11.7. The standard InChI is InChI=1S/C21H28N4O3/c1-6-16(9-10-25(5)12-26)15(4)24-20(19(22)14(3)21(23)28)18-11-17(27)8-7-13(18)2/h6-12,14,27H,22H2,1-5H3,(H2,23,28)/b10-9-,16-6+,20-19+,24-15+. The van der Waals surface area contributed by atoms with Crippen LogP contribution in [0.5, 0.6) is 5.75 Å². The number of nitrogens with zero attached hydrogens (tertiary/aromatic N) is 2. The number of hydrogen-bond donors (Lipinski definition) is 3. The zero-order valence-electron chi connectivity index (χ0n) is 16.9. The monoisotopic (exact) mass is 384 g/mol. The zero-order chi connectivity index (χ0) is 21.4. The van der Waals surface area contributed by atoms with Crippen LogP contribution in [0.25, 0.3) is 5.70 Å². The van der Waals surface area contributed by atoms with E-state index in [2.05, 4.69) is 4.99 Å². The molecule has 0 aliphatic heterocycles. The van der Waals surface area contributed by atoms with E-state index in [0.717, 1.165) is 11.1 Å². The SMILES string of the molecule is C/C=C(\C=C/N(C)C=O)C(/C)=N/C(=C(/N)C(C)C(N)=O)c1cc(O)ccc1C. The molecular weight excluding hydrogens is 356 g/mol. The fraction of sp³-hybridized carbons (Fsp3) is 0.286. The number of carbonyl (C=O) groups excluding carboxylic acids is 2. The molecular formula is C21H28N4O3. The first-order chi connectivity index (χ1) is 13.1. The molecule has 0 radical (unpaired) electrons. The van der Waals surface area contributed by atoms with Crippen molar-refractivity contribution in [1.82, 2.24) is 4.90 Å². The number of phenols is 1. The summed E-state index contributed by atoms with van der Waals surface area (Å²) in [4.78, 5) is 28.5. The molecule has 0 aromatic heterocycles. The number of hydrogen-bond acceptors (Lipinski definition) is 5. The highest BCUT2D eigenvalue weighted by Gasteiger charge is 2.19. The van der Waals surface area contributed by atoms with E-state index in [0.29, 0.717) is 23.4 Å². The number of nitrogens with two attached hydrogens (primary N) is 2. The van der Waals surface area contributed by atoms with Crippen molar-refractivity contribution in [3.63, 3.8) is 0 Å². The molecule has 0 aliphatic carbocycles. The lowest BCUT2D eigenvalue weighted by atomic mass is 9.98. The van der Waals surface area contributed by atoms with E-state index >= 15 is 0 Å². The van der Waals surface area contributed by atoms with Crippen LogP contribution in [0.3, 0.4) is 0 Å². The van der Waals surface area contributed by atoms with Crippen molar-refractivity contribution >= 4 is 23.7 Å². The molecule has 2 amide bonds. The van der Waals surface area contributed by atoms with E-state index in [9.17, 15) is 14.7 Å². The molecule has 1 aromatic rings. The minimum atomic E-state index is -0.737. The van der Waals surface area contributed by atoms with Gasteiger partial charge in [0.2, 0.25) is 12.3 Å². The third kappa shape index (κ3) is 5.84. The second-order valence-corrected chi connectivity index (χ2v) is 6.46. The summed E-state index contributed by atoms with van der Waals surface area (Å²) in [5.41, 5.74) is 15.1. The van der Waals surface area contributed by atoms with Gasteiger partial charge in [0.25, 0.3) is 0 Å². The van der Waals surface area contributed by atoms with Gasteiger partial charge >= 0.3 is 0 Å². The number of amides is 2. The summed E-state index contributed by atoms with van der Waals surface area (Å²) < 4.78 is 0. The van der Waals surface area contributed by atoms with Gasteiger partial charge in [-0.05, 0) is 57.0 Å². The number of aryl methyl sites for hydroxylation is 1. The quantitative estimate of drug-likeness (QED) is 0.362. The lowest BCUT2D eigenvalue weighted by Crippen LogP contribution is -2.26. The summed E-state index contributed by atoms with van der Waals surface area (Å²) in [5, 5.41) is 9.91. The highest BCUT2D eigenvalue weighted by atomic mass is 16.3. The van der Waals surface area contributed by atoms with Crippen molar-refractivity contribution < 1.29 is 14.7 Å². The van der Waals surface area contributed by atoms with E-state index in [1.54, 1.807) is 51.4 Å². The topological polar surface area (TPSA) is 122 Å². The Labute approximate surface area is 165 Å². The first kappa shape index (κ1) is 22.7. The second kappa shape index (κ2) is 10.1. The van der Waals surface area contributed by atoms with Crippen LogP contribution >= 0.6 is 0 Å². The van der Waals surface area contributed by atoms with Gasteiger partial charge in [0.1, 0.15) is 5.75 Å². The van der Waals surface area contributed by atoms with Crippen LogP contribution in [-0.2, 0) is 9.59 Å². The molecule has 1 aromatic carbocycles. The summed E-state index contributed by atoms with van der Waals surface area (Å²) in [6.45, 7) is 7.10. The Morgan fingerprint density at radius 1 is 1.32 bits per heavy atom. The first-order valence-corrected chi connectivity index (χ1v) is 8.78. The van der Waals surface area contributed by atoms with Crippen molar-refractivity contribution in [3.8, 4) is 5.75 Å². The zero-order valence-corrected chi connectivity index (χ0v) is 16.9. The predicted octanol–water partition coefficient (Wildman–Crippen LogP) is 2.46. The van der Waals surface area contributed by atoms with Gasteiger partial charge in [0.05, 0.1) is 11.6 Å². The molecule has 0 saturated carbocycles. The smallest absolute Gasteiger partial charge is 0.226 e. The number of primary amides is 1. The molecule has 0 bridgehead atoms. The molecule has 0 aliphatic rings. The number of benzene rings is 1. The molecule has 28 heavy (non-hydrogen) atoms. The number of aromatic hydroxyl groups is 1. The fourth-order valence-corrected chi connectivity index (χ4v) is 2.39. The van der Waals surface area contributed by atoms with Gasteiger partial charge in [-0.1, -0.05) is 12.1 Å². The van der Waals surface area contributed by atoms with Gasteiger partial charge in [-0.15, -0.1) is 0 Å². The Morgan fingerprint density at radius 3 is 2.50 bits per heavy atom. The van der Waals surface area contributed by atoms with E-state index in [4.69, 9.17) is 11.5 Å². The highest BCUT2D eigenvalue weighted by molar-refractivity contribution is 6.04. The van der Waals surface area contributed by atoms with Gasteiger partial charge in [0.15, 0.2) is 0 Å². The minimum Gasteiger partial charge on any atom is -0.508 e. The van der Waals surface area contributed by atoms with E-state index in [1.807, 2.05) is 19.9 Å². The normalized spacial score (nSPS) is 14.6. The van der Waals surface area contributed by atoms with E-state index < -0.39 is 11.8 Å². The van der Waals surface area contributed by atoms with E-state index in [-0.39, 0.29) is 11.4 Å². The van der Waals surface area contributed by atoms with Gasteiger partial charge in [0, 0.05) is 30.2 Å². The summed E-state index contributed by atoms with van der Waals surface area (Å²) in [6, 6.07) is 4.86. The highest BCUT2D eigenvalue weighted by Crippen LogP contribution is 2.29. The van der Waals surface area contributed by atoms with Crippen LogP contribution in [0.2, 0.25) is 0 Å². The Balaban J connectivity index is 3.60. The Kier molecular flexibility index (Phi) is 8.19. The molecule has 1 atom stereocenters. The van der Waals surface area contributed by atoms with Crippen molar-refractivity contribution in [1.29, 1.82) is 0 Å². The van der Waals surface area contributed by atoms with E-state index in [1.165, 1.54) is 4.90 Å². The fourth-order valence-electron chi connectivity index (χ4n) is 2.39. The molecule has 7 nitrogen and oxygen atoms in total. The summed E-state index contributed by atoms with van der Waals surface area (Å²) in [5.74, 6) is -1.25. The largest absolute Gasteiger partial charge is 0.508 e. The summed E-state index contributed by atoms with van der Waals surface area (Å²) >= 11 is 0. The van der Waals surface area contributed by atoms with Crippen LogP contribution < -0.4 is 11.5 Å². The van der Waals surface area contributed by atoms with Gasteiger partial charge in [-0.25, -0.2) is 0 Å². The molecule has 0 fully saturated rings. The number of phenolic OH excluding ortho intramolecular Hbond substituents is 1. The average molecular weight is 384 g/mol. The molecule has 0 saturated heterocycles. The Hall–Kier alpha value is -3.35. The summed E-state index contributed by atoms with van der Waals surface area (Å²) in [6.07, 6.45) is 5.88. The van der Waals surface area contributed by atoms with Crippen molar-refractivity contribution in [2.24, 2.45) is 22.4 Å². The molecule has 150 valence electrons. The Bertz CT molecular complexity index is 866. The second-order valence-electron chi connectivity index (χ2n) is 6.46. The predicted molar refractivity (Wildman–Crippen MR) is 112 cm³/mol. The lowest BCUT2D eigenvalue weighted by molar-refractivity contribution is -0.120. The minimum absolute atomic E-state index is 0.0595. The van der Waals surface area contributed by atoms with Crippen molar-refractivity contribution in [3.05, 3.63) is 58.9 Å². The molecule has 5 N–H and O–H groups in total. The number of allylic oxidation sites excluding steroid dienone is 3. The molecule has 1 unspecified atom stereocenters. The average Bonchev–Trinajstić information content (AvgIpc) is 2.66. The third-order valence-electron chi connectivity index (χ3n) is 4.31. The Morgan fingerprint density at radius 2 is 1.96 bits per heavy atom. The van der Waals surface area contributed by atoms with Crippen LogP contribution in [0.1, 0.15) is 31.9 Å². The van der Waals surface area contributed by atoms with Crippen molar-refractivity contribution in [2.45, 2.75) is 27.7 Å². The van der Waals surface area contributed by atoms with Gasteiger partial charge in [-0.2, -0.15) is 0 Å². The molecule has 0 spiro atoms. The van der Waals surface area contributed by atoms with Crippen LogP contribution in [0, 0.1) is 12.8 Å². The number of rotatable bonds is 8. The van der Waals surface area contributed by atoms with Gasteiger partial charge < -0.3 is 21.5 Å². The van der Waals surface area contributed by atoms with Crippen LogP contribution in [0.15, 0.2) is 52.8 Å². The van der Waals surface area contributed by atoms with Crippen molar-refractivity contribution in [2.75, 3.05) is 7.05 Å². The molecule has 7 heteroatoms. The van der Waals surface area contributed by atoms with Crippen LogP contribution in [0.4, 0.5) is 0 Å².